The van der Waals surface area contributed by atoms with Crippen LogP contribution in [0.4, 0.5) is 10.1 Å². The normalized spacial score (nSPS) is 16.7. The van der Waals surface area contributed by atoms with Crippen LogP contribution >= 0.6 is 11.3 Å². The number of nitro groups is 1. The lowest BCUT2D eigenvalue weighted by atomic mass is 10.3. The van der Waals surface area contributed by atoms with Gasteiger partial charge in [0.25, 0.3) is 0 Å². The lowest BCUT2D eigenvalue weighted by Gasteiger charge is -2.26. The van der Waals surface area contributed by atoms with Crippen LogP contribution in [0.3, 0.4) is 0 Å². The summed E-state index contributed by atoms with van der Waals surface area (Å²) in [6.07, 6.45) is 2.28. The number of aromatic nitrogens is 1. The first-order valence-corrected chi connectivity index (χ1v) is 6.71. The highest BCUT2D eigenvalue weighted by atomic mass is 32.1. The van der Waals surface area contributed by atoms with Gasteiger partial charge in [0.1, 0.15) is 6.20 Å². The van der Waals surface area contributed by atoms with Crippen molar-refractivity contribution in [3.63, 3.8) is 0 Å². The topological polar surface area (TPSA) is 80.5 Å². The van der Waals surface area contributed by atoms with Gasteiger partial charge in [0.2, 0.25) is 0 Å². The average Bonchev–Trinajstić information content (AvgIpc) is 2.85. The molecule has 0 saturated carbocycles. The molecule has 0 aliphatic carbocycles. The van der Waals surface area contributed by atoms with E-state index in [2.05, 4.69) is 15.2 Å². The third-order valence-corrected chi connectivity index (χ3v) is 3.61. The Morgan fingerprint density at radius 1 is 1.56 bits per heavy atom. The summed E-state index contributed by atoms with van der Waals surface area (Å²) in [5.41, 5.74) is 0. The van der Waals surface area contributed by atoms with Crippen LogP contribution in [0, 0.1) is 10.1 Å². The lowest BCUT2D eigenvalue weighted by molar-refractivity contribution is -0.380. The number of morpholine rings is 1. The minimum Gasteiger partial charge on any atom is -0.379 e. The predicted octanol–water partition coefficient (Wildman–Crippen LogP) is 1.19. The van der Waals surface area contributed by atoms with Crippen molar-refractivity contribution in [3.8, 4) is 0 Å². The Kier molecular flexibility index (Phi) is 4.85. The number of thiazole rings is 1. The fourth-order valence-corrected chi connectivity index (χ4v) is 2.41. The Labute approximate surface area is 109 Å². The van der Waals surface area contributed by atoms with Gasteiger partial charge in [-0.2, -0.15) is 0 Å². The average molecular weight is 272 g/mol. The van der Waals surface area contributed by atoms with Crippen molar-refractivity contribution in [1.82, 2.24) is 9.88 Å². The lowest BCUT2D eigenvalue weighted by Crippen LogP contribution is -2.37. The number of anilines is 1. The first kappa shape index (κ1) is 13.2. The minimum absolute atomic E-state index is 0.0747. The molecule has 1 fully saturated rings. The van der Waals surface area contributed by atoms with Crippen molar-refractivity contribution in [2.45, 2.75) is 6.42 Å². The predicted molar refractivity (Wildman–Crippen MR) is 69.1 cm³/mol. The van der Waals surface area contributed by atoms with Crippen LogP contribution in [-0.4, -0.2) is 54.2 Å². The summed E-state index contributed by atoms with van der Waals surface area (Å²) in [5, 5.41) is 14.3. The second-order valence-electron chi connectivity index (χ2n) is 4.00. The molecule has 1 aliphatic rings. The number of ether oxygens (including phenoxy) is 1. The van der Waals surface area contributed by atoms with Gasteiger partial charge < -0.3 is 10.1 Å². The van der Waals surface area contributed by atoms with E-state index < -0.39 is 4.92 Å². The summed E-state index contributed by atoms with van der Waals surface area (Å²) in [7, 11) is 0. The molecule has 0 amide bonds. The van der Waals surface area contributed by atoms with Crippen molar-refractivity contribution in [2.24, 2.45) is 0 Å². The quantitative estimate of drug-likeness (QED) is 0.476. The van der Waals surface area contributed by atoms with Crippen LogP contribution in [0.5, 0.6) is 0 Å². The Hall–Kier alpha value is -1.25. The van der Waals surface area contributed by atoms with E-state index in [0.29, 0.717) is 5.13 Å². The maximum absolute atomic E-state index is 10.5. The number of rotatable bonds is 6. The van der Waals surface area contributed by atoms with Gasteiger partial charge in [0.15, 0.2) is 5.13 Å². The van der Waals surface area contributed by atoms with Crippen molar-refractivity contribution >= 4 is 21.5 Å². The minimum atomic E-state index is -0.420. The molecule has 2 heterocycles. The van der Waals surface area contributed by atoms with E-state index in [1.807, 2.05) is 0 Å². The summed E-state index contributed by atoms with van der Waals surface area (Å²) in [5.74, 6) is 0. The Bertz CT molecular complexity index is 392. The fraction of sp³-hybridized carbons (Fsp3) is 0.700. The molecule has 0 aromatic carbocycles. The van der Waals surface area contributed by atoms with Gasteiger partial charge >= 0.3 is 5.00 Å². The highest BCUT2D eigenvalue weighted by molar-refractivity contribution is 7.18. The monoisotopic (exact) mass is 272 g/mol. The van der Waals surface area contributed by atoms with Gasteiger partial charge in [-0.1, -0.05) is 0 Å². The van der Waals surface area contributed by atoms with Gasteiger partial charge in [-0.05, 0) is 24.3 Å². The highest BCUT2D eigenvalue weighted by Crippen LogP contribution is 2.24. The molecule has 1 saturated heterocycles. The maximum Gasteiger partial charge on any atom is 0.345 e. The van der Waals surface area contributed by atoms with Gasteiger partial charge in [0.05, 0.1) is 18.1 Å². The van der Waals surface area contributed by atoms with Crippen LogP contribution in [0.25, 0.3) is 0 Å². The van der Waals surface area contributed by atoms with E-state index in [9.17, 15) is 10.1 Å². The van der Waals surface area contributed by atoms with Crippen LogP contribution in [0.2, 0.25) is 0 Å². The summed E-state index contributed by atoms with van der Waals surface area (Å²) in [6, 6.07) is 0. The van der Waals surface area contributed by atoms with Crippen molar-refractivity contribution < 1.29 is 9.66 Å². The van der Waals surface area contributed by atoms with Gasteiger partial charge in [-0.3, -0.25) is 15.0 Å². The van der Waals surface area contributed by atoms with Crippen molar-refractivity contribution in [2.75, 3.05) is 44.7 Å². The molecular weight excluding hydrogens is 256 g/mol. The van der Waals surface area contributed by atoms with E-state index in [0.717, 1.165) is 57.2 Å². The Morgan fingerprint density at radius 2 is 2.33 bits per heavy atom. The first-order chi connectivity index (χ1) is 8.75. The molecular formula is C10H16N4O3S. The molecule has 7 nitrogen and oxygen atoms in total. The van der Waals surface area contributed by atoms with E-state index in [4.69, 9.17) is 4.74 Å². The molecule has 1 N–H and O–H groups in total. The van der Waals surface area contributed by atoms with Crippen LogP contribution in [0.1, 0.15) is 6.42 Å². The largest absolute Gasteiger partial charge is 0.379 e. The maximum atomic E-state index is 10.5. The van der Waals surface area contributed by atoms with Gasteiger partial charge in [-0.15, -0.1) is 0 Å². The molecule has 0 unspecified atom stereocenters. The molecule has 100 valence electrons. The standard InChI is InChI=1S/C10H16N4O3S/c15-14(16)9-8-12-10(18-9)11-2-1-3-13-4-6-17-7-5-13/h8H,1-7H2,(H,11,12). The second-order valence-corrected chi connectivity index (χ2v) is 5.00. The Balaban J connectivity index is 1.63. The summed E-state index contributed by atoms with van der Waals surface area (Å²) in [6.45, 7) is 5.40. The van der Waals surface area contributed by atoms with E-state index in [1.165, 1.54) is 6.20 Å². The zero-order chi connectivity index (χ0) is 12.8. The summed E-state index contributed by atoms with van der Waals surface area (Å²) >= 11 is 1.07. The van der Waals surface area contributed by atoms with Crippen LogP contribution in [0.15, 0.2) is 6.20 Å². The van der Waals surface area contributed by atoms with E-state index in [-0.39, 0.29) is 5.00 Å². The summed E-state index contributed by atoms with van der Waals surface area (Å²) in [4.78, 5) is 16.4. The third kappa shape index (κ3) is 3.90. The van der Waals surface area contributed by atoms with E-state index >= 15 is 0 Å². The number of nitrogens with zero attached hydrogens (tertiary/aromatic N) is 3. The van der Waals surface area contributed by atoms with Crippen LogP contribution < -0.4 is 5.32 Å². The smallest absolute Gasteiger partial charge is 0.345 e. The molecule has 2 rings (SSSR count). The molecule has 1 aromatic rings. The zero-order valence-electron chi connectivity index (χ0n) is 10.0. The highest BCUT2D eigenvalue weighted by Gasteiger charge is 2.11. The van der Waals surface area contributed by atoms with Crippen molar-refractivity contribution in [3.05, 3.63) is 16.3 Å². The fourth-order valence-electron chi connectivity index (χ4n) is 1.75. The molecule has 8 heteroatoms. The number of hydrogen-bond donors (Lipinski definition) is 1. The third-order valence-electron chi connectivity index (χ3n) is 2.70. The molecule has 0 spiro atoms. The number of nitrogens with one attached hydrogen (secondary N) is 1. The number of hydrogen-bond acceptors (Lipinski definition) is 7. The Morgan fingerprint density at radius 3 is 3.00 bits per heavy atom. The van der Waals surface area contributed by atoms with Gasteiger partial charge in [0, 0.05) is 19.6 Å². The van der Waals surface area contributed by atoms with Crippen molar-refractivity contribution in [1.29, 1.82) is 0 Å². The molecule has 0 atom stereocenters. The van der Waals surface area contributed by atoms with Crippen LogP contribution in [-0.2, 0) is 4.74 Å². The molecule has 0 bridgehead atoms. The van der Waals surface area contributed by atoms with E-state index in [1.54, 1.807) is 0 Å². The molecule has 1 aliphatic heterocycles. The second kappa shape index (κ2) is 6.62. The summed E-state index contributed by atoms with van der Waals surface area (Å²) < 4.78 is 5.27. The molecule has 1 aromatic heterocycles. The SMILES string of the molecule is O=[N+]([O-])c1cnc(NCCCN2CCOCC2)s1. The first-order valence-electron chi connectivity index (χ1n) is 5.90. The molecule has 0 radical (unpaired) electrons. The molecule has 18 heavy (non-hydrogen) atoms. The zero-order valence-corrected chi connectivity index (χ0v) is 10.8. The van der Waals surface area contributed by atoms with Gasteiger partial charge in [-0.25, -0.2) is 4.98 Å².